The van der Waals surface area contributed by atoms with Gasteiger partial charge >= 0.3 is 0 Å². The van der Waals surface area contributed by atoms with Crippen LogP contribution in [0, 0.1) is 5.92 Å². The quantitative estimate of drug-likeness (QED) is 0.622. The molecular weight excluding hydrogens is 166 g/mol. The maximum Gasteiger partial charge on any atom is 0.234 e. The lowest BCUT2D eigenvalue weighted by atomic mass is 9.99. The number of carbonyl (C=O) groups is 1. The third-order valence-electron chi connectivity index (χ3n) is 2.74. The molecule has 1 amide bonds. The van der Waals surface area contributed by atoms with Crippen LogP contribution >= 0.6 is 0 Å². The molecule has 1 aliphatic rings. The molecule has 0 aromatic rings. The molecular formula is C9H19N3O. The molecule has 2 atom stereocenters. The number of primary amides is 1. The van der Waals surface area contributed by atoms with Gasteiger partial charge in [-0.15, -0.1) is 0 Å². The van der Waals surface area contributed by atoms with E-state index in [0.717, 1.165) is 25.9 Å². The van der Waals surface area contributed by atoms with Crippen LogP contribution in [0.15, 0.2) is 0 Å². The molecule has 0 bridgehead atoms. The van der Waals surface area contributed by atoms with E-state index >= 15 is 0 Å². The Bertz CT molecular complexity index is 184. The van der Waals surface area contributed by atoms with E-state index < -0.39 is 6.04 Å². The molecule has 1 heterocycles. The van der Waals surface area contributed by atoms with Crippen molar-refractivity contribution >= 4 is 5.91 Å². The van der Waals surface area contributed by atoms with E-state index in [9.17, 15) is 4.79 Å². The Hall–Kier alpha value is -0.610. The molecule has 4 nitrogen and oxygen atoms in total. The lowest BCUT2D eigenvalue weighted by molar-refractivity contribution is -0.119. The molecule has 4 N–H and O–H groups in total. The Labute approximate surface area is 79.3 Å². The SMILES string of the molecule is CN1CCC(CCC(N)C(N)=O)C1. The highest BCUT2D eigenvalue weighted by Gasteiger charge is 2.20. The summed E-state index contributed by atoms with van der Waals surface area (Å²) >= 11 is 0. The highest BCUT2D eigenvalue weighted by atomic mass is 16.1. The van der Waals surface area contributed by atoms with Crippen molar-refractivity contribution < 1.29 is 4.79 Å². The monoisotopic (exact) mass is 185 g/mol. The second-order valence-corrected chi connectivity index (χ2v) is 4.00. The van der Waals surface area contributed by atoms with Gasteiger partial charge in [0.15, 0.2) is 0 Å². The van der Waals surface area contributed by atoms with Gasteiger partial charge in [-0.05, 0) is 38.8 Å². The maximum atomic E-state index is 10.7. The third kappa shape index (κ3) is 3.32. The first kappa shape index (κ1) is 10.5. The average Bonchev–Trinajstić information content (AvgIpc) is 2.47. The number of hydrogen-bond acceptors (Lipinski definition) is 3. The summed E-state index contributed by atoms with van der Waals surface area (Å²) in [6.45, 7) is 2.29. The second-order valence-electron chi connectivity index (χ2n) is 4.00. The summed E-state index contributed by atoms with van der Waals surface area (Å²) in [4.78, 5) is 13.0. The molecule has 4 heteroatoms. The molecule has 2 unspecified atom stereocenters. The van der Waals surface area contributed by atoms with Gasteiger partial charge in [-0.25, -0.2) is 0 Å². The predicted octanol–water partition coefficient (Wildman–Crippen LogP) is -0.469. The zero-order valence-corrected chi connectivity index (χ0v) is 8.20. The van der Waals surface area contributed by atoms with Crippen molar-refractivity contribution in [2.45, 2.75) is 25.3 Å². The van der Waals surface area contributed by atoms with E-state index in [1.165, 1.54) is 6.42 Å². The molecule has 1 aliphatic heterocycles. The molecule has 0 aromatic heterocycles. The number of likely N-dealkylation sites (tertiary alicyclic amines) is 1. The lowest BCUT2D eigenvalue weighted by Gasteiger charge is -2.12. The highest BCUT2D eigenvalue weighted by molar-refractivity contribution is 5.79. The summed E-state index contributed by atoms with van der Waals surface area (Å²) in [6, 6.07) is -0.453. The van der Waals surface area contributed by atoms with Crippen molar-refractivity contribution in [1.29, 1.82) is 0 Å². The number of hydrogen-bond donors (Lipinski definition) is 2. The average molecular weight is 185 g/mol. The smallest absolute Gasteiger partial charge is 0.234 e. The van der Waals surface area contributed by atoms with Crippen LogP contribution in [0.1, 0.15) is 19.3 Å². The minimum Gasteiger partial charge on any atom is -0.368 e. The Kier molecular flexibility index (Phi) is 3.69. The van der Waals surface area contributed by atoms with Crippen LogP contribution in [-0.2, 0) is 4.79 Å². The van der Waals surface area contributed by atoms with Crippen molar-refractivity contribution in [3.05, 3.63) is 0 Å². The molecule has 0 saturated carbocycles. The van der Waals surface area contributed by atoms with Gasteiger partial charge in [0.2, 0.25) is 5.91 Å². The number of carbonyl (C=O) groups excluding carboxylic acids is 1. The summed E-state index contributed by atoms with van der Waals surface area (Å²) in [6.07, 6.45) is 2.98. The van der Waals surface area contributed by atoms with Crippen molar-refractivity contribution in [3.63, 3.8) is 0 Å². The number of amides is 1. The fraction of sp³-hybridized carbons (Fsp3) is 0.889. The molecule has 1 fully saturated rings. The molecule has 0 radical (unpaired) electrons. The Balaban J connectivity index is 2.16. The van der Waals surface area contributed by atoms with E-state index in [-0.39, 0.29) is 5.91 Å². The van der Waals surface area contributed by atoms with E-state index in [0.29, 0.717) is 5.92 Å². The van der Waals surface area contributed by atoms with Crippen molar-refractivity contribution in [1.82, 2.24) is 4.90 Å². The lowest BCUT2D eigenvalue weighted by Crippen LogP contribution is -2.36. The standard InChI is InChI=1S/C9H19N3O/c1-12-5-4-7(6-12)2-3-8(10)9(11)13/h7-8H,2-6,10H2,1H3,(H2,11,13). The topological polar surface area (TPSA) is 72.3 Å². The van der Waals surface area contributed by atoms with Crippen LogP contribution in [0.2, 0.25) is 0 Å². The van der Waals surface area contributed by atoms with Crippen LogP contribution in [0.4, 0.5) is 0 Å². The van der Waals surface area contributed by atoms with Crippen LogP contribution < -0.4 is 11.5 Å². The van der Waals surface area contributed by atoms with Crippen LogP contribution in [0.3, 0.4) is 0 Å². The third-order valence-corrected chi connectivity index (χ3v) is 2.74. The van der Waals surface area contributed by atoms with E-state index in [1.54, 1.807) is 0 Å². The summed E-state index contributed by atoms with van der Waals surface area (Å²) in [5, 5.41) is 0. The molecule has 0 aliphatic carbocycles. The van der Waals surface area contributed by atoms with Crippen LogP contribution in [-0.4, -0.2) is 37.0 Å². The fourth-order valence-corrected chi connectivity index (χ4v) is 1.82. The molecule has 0 aromatic carbocycles. The normalized spacial score (nSPS) is 26.2. The summed E-state index contributed by atoms with van der Waals surface area (Å²) < 4.78 is 0. The van der Waals surface area contributed by atoms with Gasteiger partial charge in [0, 0.05) is 6.54 Å². The van der Waals surface area contributed by atoms with E-state index in [2.05, 4.69) is 11.9 Å². The zero-order valence-electron chi connectivity index (χ0n) is 8.20. The maximum absolute atomic E-state index is 10.7. The van der Waals surface area contributed by atoms with Gasteiger partial charge < -0.3 is 16.4 Å². The highest BCUT2D eigenvalue weighted by Crippen LogP contribution is 2.19. The molecule has 76 valence electrons. The number of nitrogens with two attached hydrogens (primary N) is 2. The summed E-state index contributed by atoms with van der Waals surface area (Å²) in [5.41, 5.74) is 10.6. The molecule has 13 heavy (non-hydrogen) atoms. The first-order chi connectivity index (χ1) is 6.09. The van der Waals surface area contributed by atoms with Crippen molar-refractivity contribution in [3.8, 4) is 0 Å². The molecule has 0 spiro atoms. The van der Waals surface area contributed by atoms with Gasteiger partial charge in [0.05, 0.1) is 6.04 Å². The summed E-state index contributed by atoms with van der Waals surface area (Å²) in [7, 11) is 2.12. The summed E-state index contributed by atoms with van der Waals surface area (Å²) in [5.74, 6) is 0.321. The van der Waals surface area contributed by atoms with Crippen LogP contribution in [0.5, 0.6) is 0 Å². The zero-order chi connectivity index (χ0) is 9.84. The van der Waals surface area contributed by atoms with Crippen LogP contribution in [0.25, 0.3) is 0 Å². The number of rotatable bonds is 4. The Morgan fingerprint density at radius 2 is 2.38 bits per heavy atom. The van der Waals surface area contributed by atoms with E-state index in [1.807, 2.05) is 0 Å². The Morgan fingerprint density at radius 3 is 2.85 bits per heavy atom. The minimum absolute atomic E-state index is 0.383. The van der Waals surface area contributed by atoms with E-state index in [4.69, 9.17) is 11.5 Å². The fourth-order valence-electron chi connectivity index (χ4n) is 1.82. The molecule has 1 rings (SSSR count). The largest absolute Gasteiger partial charge is 0.368 e. The van der Waals surface area contributed by atoms with Gasteiger partial charge in [0.25, 0.3) is 0 Å². The van der Waals surface area contributed by atoms with Gasteiger partial charge in [-0.2, -0.15) is 0 Å². The predicted molar refractivity (Wildman–Crippen MR) is 52.0 cm³/mol. The first-order valence-corrected chi connectivity index (χ1v) is 4.83. The van der Waals surface area contributed by atoms with Gasteiger partial charge in [-0.1, -0.05) is 0 Å². The molecule has 1 saturated heterocycles. The Morgan fingerprint density at radius 1 is 1.69 bits per heavy atom. The minimum atomic E-state index is -0.453. The number of nitrogens with zero attached hydrogens (tertiary/aromatic N) is 1. The first-order valence-electron chi connectivity index (χ1n) is 4.83. The van der Waals surface area contributed by atoms with Gasteiger partial charge in [-0.3, -0.25) is 4.79 Å². The van der Waals surface area contributed by atoms with Crippen molar-refractivity contribution in [2.75, 3.05) is 20.1 Å². The second kappa shape index (κ2) is 4.58. The van der Waals surface area contributed by atoms with Gasteiger partial charge in [0.1, 0.15) is 0 Å². The van der Waals surface area contributed by atoms with Crippen molar-refractivity contribution in [2.24, 2.45) is 17.4 Å².